The van der Waals surface area contributed by atoms with Crippen molar-refractivity contribution in [1.29, 1.82) is 0 Å². The Morgan fingerprint density at radius 1 is 1.31 bits per heavy atom. The third-order valence-corrected chi connectivity index (χ3v) is 8.84. The SMILES string of the molecule is CC1(C)CCN(C(=O)c2cccnc2SCC2CCCCC2)CCS1=O. The van der Waals surface area contributed by atoms with E-state index in [2.05, 4.69) is 4.98 Å². The zero-order valence-corrected chi connectivity index (χ0v) is 17.5. The second-order valence-corrected chi connectivity index (χ2v) is 11.2. The van der Waals surface area contributed by atoms with Crippen molar-refractivity contribution in [2.45, 2.75) is 62.1 Å². The van der Waals surface area contributed by atoms with E-state index in [1.165, 1.54) is 32.1 Å². The predicted octanol–water partition coefficient (Wildman–Crippen LogP) is 4.13. The average Bonchev–Trinajstić information content (AvgIpc) is 2.79. The van der Waals surface area contributed by atoms with Gasteiger partial charge in [0.05, 0.1) is 5.56 Å². The molecule has 0 bridgehead atoms. The molecule has 1 amide bonds. The lowest BCUT2D eigenvalue weighted by atomic mass is 9.91. The van der Waals surface area contributed by atoms with Gasteiger partial charge in [-0.05, 0) is 51.2 Å². The molecule has 2 fully saturated rings. The zero-order chi connectivity index (χ0) is 18.6. The second-order valence-electron chi connectivity index (χ2n) is 8.02. The van der Waals surface area contributed by atoms with Gasteiger partial charge < -0.3 is 4.90 Å². The van der Waals surface area contributed by atoms with Gasteiger partial charge in [-0.25, -0.2) is 4.98 Å². The first-order chi connectivity index (χ1) is 12.5. The molecule has 2 aliphatic rings. The second kappa shape index (κ2) is 8.87. The molecule has 0 N–H and O–H groups in total. The molecule has 0 radical (unpaired) electrons. The van der Waals surface area contributed by atoms with Crippen LogP contribution in [0.15, 0.2) is 23.4 Å². The van der Waals surface area contributed by atoms with Gasteiger partial charge in [0.25, 0.3) is 5.91 Å². The summed E-state index contributed by atoms with van der Waals surface area (Å²) in [5.41, 5.74) is 0.707. The van der Waals surface area contributed by atoms with Crippen LogP contribution in [0.2, 0.25) is 0 Å². The molecule has 4 nitrogen and oxygen atoms in total. The Balaban J connectivity index is 1.68. The first-order valence-electron chi connectivity index (χ1n) is 9.73. The number of thioether (sulfide) groups is 1. The minimum atomic E-state index is -0.888. The van der Waals surface area contributed by atoms with E-state index in [0.717, 1.165) is 23.1 Å². The molecular weight excluding hydrogens is 364 g/mol. The van der Waals surface area contributed by atoms with Gasteiger partial charge >= 0.3 is 0 Å². The summed E-state index contributed by atoms with van der Waals surface area (Å²) in [7, 11) is -0.888. The fraction of sp³-hybridized carbons (Fsp3) is 0.700. The van der Waals surface area contributed by atoms with Crippen molar-refractivity contribution in [3.8, 4) is 0 Å². The molecule has 1 aromatic rings. The fourth-order valence-electron chi connectivity index (χ4n) is 3.69. The molecule has 0 aromatic carbocycles. The van der Waals surface area contributed by atoms with Crippen molar-refractivity contribution in [2.75, 3.05) is 24.6 Å². The van der Waals surface area contributed by atoms with Crippen LogP contribution in [0.1, 0.15) is 62.7 Å². The fourth-order valence-corrected chi connectivity index (χ4v) is 6.12. The first-order valence-corrected chi connectivity index (χ1v) is 12.0. The first kappa shape index (κ1) is 19.9. The minimum Gasteiger partial charge on any atom is -0.338 e. The summed E-state index contributed by atoms with van der Waals surface area (Å²) in [5.74, 6) is 2.40. The summed E-state index contributed by atoms with van der Waals surface area (Å²) in [6, 6.07) is 3.74. The van der Waals surface area contributed by atoms with E-state index in [1.54, 1.807) is 18.0 Å². The van der Waals surface area contributed by atoms with Gasteiger partial charge in [0.1, 0.15) is 5.03 Å². The van der Waals surface area contributed by atoms with E-state index in [-0.39, 0.29) is 10.7 Å². The van der Waals surface area contributed by atoms with Crippen LogP contribution < -0.4 is 0 Å². The van der Waals surface area contributed by atoms with Gasteiger partial charge in [0, 0.05) is 46.3 Å². The number of pyridine rings is 1. The van der Waals surface area contributed by atoms with E-state index in [0.29, 0.717) is 24.4 Å². The number of nitrogens with zero attached hydrogens (tertiary/aromatic N) is 2. The van der Waals surface area contributed by atoms with Crippen LogP contribution in [-0.2, 0) is 10.8 Å². The van der Waals surface area contributed by atoms with Crippen LogP contribution in [0.4, 0.5) is 0 Å². The summed E-state index contributed by atoms with van der Waals surface area (Å²) in [5, 5.41) is 0.854. The number of hydrogen-bond acceptors (Lipinski definition) is 4. The molecule has 1 saturated carbocycles. The van der Waals surface area contributed by atoms with Crippen LogP contribution >= 0.6 is 11.8 Å². The average molecular weight is 395 g/mol. The lowest BCUT2D eigenvalue weighted by Gasteiger charge is -2.24. The highest BCUT2D eigenvalue weighted by molar-refractivity contribution is 7.99. The maximum atomic E-state index is 13.1. The lowest BCUT2D eigenvalue weighted by molar-refractivity contribution is 0.0760. The molecule has 6 heteroatoms. The van der Waals surface area contributed by atoms with Crippen molar-refractivity contribution in [3.63, 3.8) is 0 Å². The Kier molecular flexibility index (Phi) is 6.78. The molecule has 1 aliphatic heterocycles. The Morgan fingerprint density at radius 3 is 2.85 bits per heavy atom. The summed E-state index contributed by atoms with van der Waals surface area (Å²) < 4.78 is 12.1. The topological polar surface area (TPSA) is 50.3 Å². The highest BCUT2D eigenvalue weighted by Crippen LogP contribution is 2.31. The third kappa shape index (κ3) is 4.89. The molecule has 26 heavy (non-hydrogen) atoms. The number of aromatic nitrogens is 1. The highest BCUT2D eigenvalue weighted by Gasteiger charge is 2.32. The number of carbonyl (C=O) groups excluding carboxylic acids is 1. The number of carbonyl (C=O) groups is 1. The van der Waals surface area contributed by atoms with E-state index in [1.807, 2.05) is 30.9 Å². The van der Waals surface area contributed by atoms with Gasteiger partial charge in [-0.15, -0.1) is 11.8 Å². The van der Waals surface area contributed by atoms with Gasteiger partial charge in [-0.1, -0.05) is 19.3 Å². The molecule has 1 aromatic heterocycles. The highest BCUT2D eigenvalue weighted by atomic mass is 32.2. The summed E-state index contributed by atoms with van der Waals surface area (Å²) in [4.78, 5) is 19.5. The van der Waals surface area contributed by atoms with Crippen LogP contribution in [-0.4, -0.2) is 49.3 Å². The van der Waals surface area contributed by atoms with E-state index in [9.17, 15) is 9.00 Å². The standard InChI is InChI=1S/C20H30N2O2S2/c1-20(2)10-12-22(13-14-26(20)24)19(23)17-9-6-11-21-18(17)25-15-16-7-4-3-5-8-16/h6,9,11,16H,3-5,7-8,10,12-15H2,1-2H3. The lowest BCUT2D eigenvalue weighted by Crippen LogP contribution is -2.34. The quantitative estimate of drug-likeness (QED) is 0.721. The van der Waals surface area contributed by atoms with Gasteiger partial charge in [-0.2, -0.15) is 0 Å². The molecule has 144 valence electrons. The van der Waals surface area contributed by atoms with Crippen LogP contribution in [0.25, 0.3) is 0 Å². The largest absolute Gasteiger partial charge is 0.338 e. The molecule has 1 atom stereocenters. The minimum absolute atomic E-state index is 0.0407. The molecule has 1 aliphatic carbocycles. The molecular formula is C20H30N2O2S2. The van der Waals surface area contributed by atoms with Gasteiger partial charge in [-0.3, -0.25) is 9.00 Å². The number of rotatable bonds is 4. The molecule has 3 rings (SSSR count). The summed E-state index contributed by atoms with van der Waals surface area (Å²) >= 11 is 1.73. The molecule has 1 unspecified atom stereocenters. The van der Waals surface area contributed by atoms with Crippen LogP contribution in [0, 0.1) is 5.92 Å². The Labute approximate surface area is 164 Å². The van der Waals surface area contributed by atoms with E-state index in [4.69, 9.17) is 0 Å². The number of amides is 1. The van der Waals surface area contributed by atoms with Crippen molar-refractivity contribution in [2.24, 2.45) is 5.92 Å². The summed E-state index contributed by atoms with van der Waals surface area (Å²) in [6.07, 6.45) is 9.18. The maximum Gasteiger partial charge on any atom is 0.256 e. The van der Waals surface area contributed by atoms with Crippen LogP contribution in [0.5, 0.6) is 0 Å². The Bertz CT molecular complexity index is 657. The van der Waals surface area contributed by atoms with Gasteiger partial charge in [0.15, 0.2) is 0 Å². The summed E-state index contributed by atoms with van der Waals surface area (Å²) in [6.45, 7) is 5.30. The normalized spacial score (nSPS) is 24.2. The van der Waals surface area contributed by atoms with Crippen molar-refractivity contribution in [1.82, 2.24) is 9.88 Å². The van der Waals surface area contributed by atoms with Crippen LogP contribution in [0.3, 0.4) is 0 Å². The molecule has 1 saturated heterocycles. The predicted molar refractivity (Wildman–Crippen MR) is 109 cm³/mol. The smallest absolute Gasteiger partial charge is 0.256 e. The van der Waals surface area contributed by atoms with Crippen molar-refractivity contribution >= 4 is 28.5 Å². The van der Waals surface area contributed by atoms with E-state index >= 15 is 0 Å². The zero-order valence-electron chi connectivity index (χ0n) is 15.9. The molecule has 2 heterocycles. The monoisotopic (exact) mass is 394 g/mol. The maximum absolute atomic E-state index is 13.1. The van der Waals surface area contributed by atoms with Crippen molar-refractivity contribution in [3.05, 3.63) is 23.9 Å². The van der Waals surface area contributed by atoms with E-state index < -0.39 is 10.8 Å². The van der Waals surface area contributed by atoms with Gasteiger partial charge in [0.2, 0.25) is 0 Å². The van der Waals surface area contributed by atoms with Crippen molar-refractivity contribution < 1.29 is 9.00 Å². The Morgan fingerprint density at radius 2 is 2.08 bits per heavy atom. The Hall–Kier alpha value is -0.880. The third-order valence-electron chi connectivity index (χ3n) is 5.62. The molecule has 0 spiro atoms. The number of hydrogen-bond donors (Lipinski definition) is 0.